The predicted molar refractivity (Wildman–Crippen MR) is 69.1 cm³/mol. The van der Waals surface area contributed by atoms with Crippen molar-refractivity contribution in [2.45, 2.75) is 38.5 Å². The zero-order valence-electron chi connectivity index (χ0n) is 11.4. The number of rotatable bonds is 10. The number of carbonyl (C=O) groups is 2. The van der Waals surface area contributed by atoms with E-state index < -0.39 is 11.9 Å². The van der Waals surface area contributed by atoms with Crippen molar-refractivity contribution in [3.63, 3.8) is 0 Å². The summed E-state index contributed by atoms with van der Waals surface area (Å²) in [5, 5.41) is 0. The van der Waals surface area contributed by atoms with E-state index in [1.165, 1.54) is 25.7 Å². The Balaban J connectivity index is 1.38. The quantitative estimate of drug-likeness (QED) is 0.246. The number of hydrogen-bond acceptors (Lipinski definition) is 8. The Morgan fingerprint density at radius 2 is 1.20 bits per heavy atom. The van der Waals surface area contributed by atoms with Crippen molar-refractivity contribution in [3.8, 4) is 0 Å². The molecule has 0 atom stereocenters. The standard InChI is InChI=1S/C12H22N4O4/c17-11(19-15-13-7-5-9-1-2-9)12(18)20-16-14-8-6-10-3-4-10/h9-10,13-16H,1-8H2. The molecule has 2 aliphatic rings. The summed E-state index contributed by atoms with van der Waals surface area (Å²) in [6.45, 7) is 1.38. The van der Waals surface area contributed by atoms with E-state index in [0.717, 1.165) is 24.7 Å². The monoisotopic (exact) mass is 286 g/mol. The average molecular weight is 286 g/mol. The van der Waals surface area contributed by atoms with E-state index >= 15 is 0 Å². The van der Waals surface area contributed by atoms with Crippen molar-refractivity contribution in [1.29, 1.82) is 0 Å². The Hall–Kier alpha value is -1.22. The van der Waals surface area contributed by atoms with Gasteiger partial charge in [0.05, 0.1) is 0 Å². The highest BCUT2D eigenvalue weighted by Gasteiger charge is 2.22. The maximum Gasteiger partial charge on any atom is 0.439 e. The van der Waals surface area contributed by atoms with Gasteiger partial charge < -0.3 is 9.68 Å². The molecule has 0 radical (unpaired) electrons. The van der Waals surface area contributed by atoms with Crippen LogP contribution in [0.4, 0.5) is 0 Å². The first-order valence-electron chi connectivity index (χ1n) is 7.13. The summed E-state index contributed by atoms with van der Waals surface area (Å²) in [6, 6.07) is 0. The van der Waals surface area contributed by atoms with Crippen LogP contribution in [0.25, 0.3) is 0 Å². The van der Waals surface area contributed by atoms with Crippen molar-refractivity contribution in [2.24, 2.45) is 11.8 Å². The smallest absolute Gasteiger partial charge is 0.346 e. The SMILES string of the molecule is O=C(ONNCCC1CC1)C(=O)ONNCCC1CC1. The summed E-state index contributed by atoms with van der Waals surface area (Å²) in [5.41, 5.74) is 9.85. The number of nitrogens with one attached hydrogen (secondary N) is 4. The van der Waals surface area contributed by atoms with Gasteiger partial charge >= 0.3 is 11.9 Å². The summed E-state index contributed by atoms with van der Waals surface area (Å²) in [5.74, 6) is -0.646. The first-order valence-corrected chi connectivity index (χ1v) is 7.13. The third kappa shape index (κ3) is 6.80. The van der Waals surface area contributed by atoms with Crippen LogP contribution in [-0.2, 0) is 19.3 Å². The predicted octanol–water partition coefficient (Wildman–Crippen LogP) is -0.309. The minimum atomic E-state index is -1.11. The number of hydrogen-bond donors (Lipinski definition) is 4. The molecule has 0 spiro atoms. The van der Waals surface area contributed by atoms with Crippen LogP contribution in [0.3, 0.4) is 0 Å². The highest BCUT2D eigenvalue weighted by atomic mass is 16.8. The molecule has 0 saturated heterocycles. The summed E-state index contributed by atoms with van der Waals surface area (Å²) in [6.07, 6.45) is 7.14. The molecule has 2 fully saturated rings. The minimum absolute atomic E-state index is 0.688. The molecule has 2 rings (SSSR count). The zero-order chi connectivity index (χ0) is 14.2. The van der Waals surface area contributed by atoms with E-state index in [-0.39, 0.29) is 0 Å². The molecular weight excluding hydrogens is 264 g/mol. The first-order chi connectivity index (χ1) is 9.75. The Kier molecular flexibility index (Phi) is 6.19. The van der Waals surface area contributed by atoms with Crippen LogP contribution in [0.5, 0.6) is 0 Å². The topological polar surface area (TPSA) is 101 Å². The summed E-state index contributed by atoms with van der Waals surface area (Å²) in [7, 11) is 0. The molecule has 0 amide bonds. The molecule has 0 aromatic heterocycles. The third-order valence-electron chi connectivity index (χ3n) is 3.35. The van der Waals surface area contributed by atoms with Gasteiger partial charge in [-0.15, -0.1) is 0 Å². The summed E-state index contributed by atoms with van der Waals surface area (Å²) < 4.78 is 0. The van der Waals surface area contributed by atoms with Gasteiger partial charge in [0.25, 0.3) is 0 Å². The van der Waals surface area contributed by atoms with Gasteiger partial charge in [0.1, 0.15) is 0 Å². The maximum absolute atomic E-state index is 11.2. The van der Waals surface area contributed by atoms with Crippen molar-refractivity contribution in [3.05, 3.63) is 0 Å². The van der Waals surface area contributed by atoms with Gasteiger partial charge in [-0.3, -0.25) is 0 Å². The molecule has 0 unspecified atom stereocenters. The Bertz CT molecular complexity index is 299. The van der Waals surface area contributed by atoms with Crippen LogP contribution in [0.1, 0.15) is 38.5 Å². The van der Waals surface area contributed by atoms with Crippen molar-refractivity contribution < 1.29 is 19.3 Å². The van der Waals surface area contributed by atoms with Gasteiger partial charge in [0, 0.05) is 13.1 Å². The van der Waals surface area contributed by atoms with Crippen LogP contribution in [0, 0.1) is 11.8 Å². The van der Waals surface area contributed by atoms with Gasteiger partial charge in [-0.2, -0.15) is 0 Å². The lowest BCUT2D eigenvalue weighted by Crippen LogP contribution is -2.41. The molecule has 0 heterocycles. The van der Waals surface area contributed by atoms with Gasteiger partial charge in [0.15, 0.2) is 0 Å². The van der Waals surface area contributed by atoms with Crippen LogP contribution < -0.4 is 22.0 Å². The van der Waals surface area contributed by atoms with Crippen LogP contribution in [0.2, 0.25) is 0 Å². The third-order valence-corrected chi connectivity index (χ3v) is 3.35. The van der Waals surface area contributed by atoms with Crippen molar-refractivity contribution >= 4 is 11.9 Å². The molecule has 2 aliphatic carbocycles. The summed E-state index contributed by atoms with van der Waals surface area (Å²) >= 11 is 0. The van der Waals surface area contributed by atoms with Crippen LogP contribution in [0.15, 0.2) is 0 Å². The van der Waals surface area contributed by atoms with Gasteiger partial charge in [-0.05, 0) is 24.7 Å². The van der Waals surface area contributed by atoms with E-state index in [0.29, 0.717) is 13.1 Å². The van der Waals surface area contributed by atoms with Crippen LogP contribution in [-0.4, -0.2) is 25.0 Å². The number of hydrazine groups is 2. The lowest BCUT2D eigenvalue weighted by molar-refractivity contribution is -0.179. The first kappa shape index (κ1) is 15.2. The lowest BCUT2D eigenvalue weighted by Gasteiger charge is -2.08. The largest absolute Gasteiger partial charge is 0.439 e. The van der Waals surface area contributed by atoms with Gasteiger partial charge in [0.2, 0.25) is 0 Å². The van der Waals surface area contributed by atoms with Gasteiger partial charge in [-0.25, -0.2) is 20.4 Å². The molecule has 0 aliphatic heterocycles. The highest BCUT2D eigenvalue weighted by molar-refractivity contribution is 6.29. The Morgan fingerprint density at radius 1 is 0.800 bits per heavy atom. The molecule has 114 valence electrons. The molecule has 8 nitrogen and oxygen atoms in total. The zero-order valence-corrected chi connectivity index (χ0v) is 11.4. The van der Waals surface area contributed by atoms with E-state index in [9.17, 15) is 9.59 Å². The fourth-order valence-corrected chi connectivity index (χ4v) is 1.72. The minimum Gasteiger partial charge on any atom is -0.346 e. The second kappa shape index (κ2) is 8.15. The molecular formula is C12H22N4O4. The molecule has 0 aromatic rings. The van der Waals surface area contributed by atoms with Crippen LogP contribution >= 0.6 is 0 Å². The van der Waals surface area contributed by atoms with Crippen molar-refractivity contribution in [2.75, 3.05) is 13.1 Å². The summed E-state index contributed by atoms with van der Waals surface area (Å²) in [4.78, 5) is 31.3. The van der Waals surface area contributed by atoms with E-state index in [2.05, 4.69) is 31.7 Å². The second-order valence-corrected chi connectivity index (χ2v) is 5.30. The van der Waals surface area contributed by atoms with E-state index in [1.54, 1.807) is 0 Å². The Morgan fingerprint density at radius 3 is 1.55 bits per heavy atom. The van der Waals surface area contributed by atoms with E-state index in [4.69, 9.17) is 0 Å². The lowest BCUT2D eigenvalue weighted by atomic mass is 10.3. The molecule has 2 saturated carbocycles. The normalized spacial score (nSPS) is 17.8. The molecule has 4 N–H and O–H groups in total. The molecule has 8 heteroatoms. The Labute approximate surface area is 117 Å². The molecule has 20 heavy (non-hydrogen) atoms. The fourth-order valence-electron chi connectivity index (χ4n) is 1.72. The van der Waals surface area contributed by atoms with E-state index in [1.807, 2.05) is 0 Å². The van der Waals surface area contributed by atoms with Gasteiger partial charge in [-0.1, -0.05) is 36.9 Å². The number of carbonyl (C=O) groups excluding carboxylic acids is 2. The molecule has 0 bridgehead atoms. The highest BCUT2D eigenvalue weighted by Crippen LogP contribution is 2.32. The van der Waals surface area contributed by atoms with Crippen molar-refractivity contribution in [1.82, 2.24) is 22.0 Å². The molecule has 0 aromatic carbocycles. The maximum atomic E-state index is 11.2. The second-order valence-electron chi connectivity index (χ2n) is 5.30. The average Bonchev–Trinajstić information content (AvgIpc) is 3.31. The fraction of sp³-hybridized carbons (Fsp3) is 0.833.